The largest absolute Gasteiger partial charge is 0.354 e. The summed E-state index contributed by atoms with van der Waals surface area (Å²) in [5.74, 6) is -0.362. The SMILES string of the molecule is CCCNC(=O)[C@@H](CC)N(Cc1cccc(C)c1)C(=O)CCCN(c1cc(Cl)ccc1C)S(C)(=O)=O. The third-order valence-corrected chi connectivity index (χ3v) is 7.38. The van der Waals surface area contributed by atoms with Crippen LogP contribution in [0.4, 0.5) is 5.69 Å². The number of anilines is 1. The summed E-state index contributed by atoms with van der Waals surface area (Å²) >= 11 is 6.12. The molecule has 2 amide bonds. The molecule has 0 heterocycles. The van der Waals surface area contributed by atoms with Crippen LogP contribution in [0.2, 0.25) is 5.02 Å². The maximum absolute atomic E-state index is 13.5. The normalized spacial score (nSPS) is 12.2. The van der Waals surface area contributed by atoms with Crippen LogP contribution in [0, 0.1) is 13.8 Å². The molecular weight excluding hydrogens is 498 g/mol. The Balaban J connectivity index is 2.24. The molecule has 1 N–H and O–H groups in total. The molecule has 198 valence electrons. The summed E-state index contributed by atoms with van der Waals surface area (Å²) in [4.78, 5) is 28.0. The zero-order valence-corrected chi connectivity index (χ0v) is 23.5. The summed E-state index contributed by atoms with van der Waals surface area (Å²) in [5, 5.41) is 3.35. The van der Waals surface area contributed by atoms with Gasteiger partial charge < -0.3 is 10.2 Å². The molecule has 0 bridgehead atoms. The third kappa shape index (κ3) is 8.52. The number of carbonyl (C=O) groups excluding carboxylic acids is 2. The Morgan fingerprint density at radius 2 is 1.81 bits per heavy atom. The number of aryl methyl sites for hydroxylation is 2. The van der Waals surface area contributed by atoms with E-state index in [4.69, 9.17) is 11.6 Å². The van der Waals surface area contributed by atoms with Crippen molar-refractivity contribution in [2.75, 3.05) is 23.7 Å². The van der Waals surface area contributed by atoms with Crippen LogP contribution in [-0.4, -0.2) is 50.5 Å². The molecule has 2 aromatic rings. The number of hydrogen-bond acceptors (Lipinski definition) is 4. The van der Waals surface area contributed by atoms with Crippen LogP contribution >= 0.6 is 11.6 Å². The molecule has 0 radical (unpaired) electrons. The van der Waals surface area contributed by atoms with Crippen molar-refractivity contribution in [3.8, 4) is 0 Å². The van der Waals surface area contributed by atoms with Crippen molar-refractivity contribution in [2.24, 2.45) is 0 Å². The fourth-order valence-electron chi connectivity index (χ4n) is 4.13. The zero-order chi connectivity index (χ0) is 26.9. The molecule has 0 aromatic heterocycles. The van der Waals surface area contributed by atoms with Crippen molar-refractivity contribution < 1.29 is 18.0 Å². The van der Waals surface area contributed by atoms with E-state index in [1.165, 1.54) is 4.31 Å². The molecule has 0 aliphatic rings. The van der Waals surface area contributed by atoms with Crippen LogP contribution < -0.4 is 9.62 Å². The summed E-state index contributed by atoms with van der Waals surface area (Å²) in [6, 6.07) is 12.4. The molecule has 0 fully saturated rings. The molecule has 2 aromatic carbocycles. The highest BCUT2D eigenvalue weighted by Crippen LogP contribution is 2.27. The lowest BCUT2D eigenvalue weighted by molar-refractivity contribution is -0.141. The molecule has 7 nitrogen and oxygen atoms in total. The van der Waals surface area contributed by atoms with Gasteiger partial charge >= 0.3 is 0 Å². The minimum absolute atomic E-state index is 0.106. The zero-order valence-electron chi connectivity index (χ0n) is 21.9. The fourth-order valence-corrected chi connectivity index (χ4v) is 5.31. The van der Waals surface area contributed by atoms with Crippen LogP contribution in [0.5, 0.6) is 0 Å². The van der Waals surface area contributed by atoms with Gasteiger partial charge in [0.2, 0.25) is 21.8 Å². The lowest BCUT2D eigenvalue weighted by atomic mass is 10.1. The molecular formula is C27H38ClN3O4S. The number of rotatable bonds is 13. The Bertz CT molecular complexity index is 1150. The van der Waals surface area contributed by atoms with Gasteiger partial charge in [-0.15, -0.1) is 0 Å². The van der Waals surface area contributed by atoms with Gasteiger partial charge in [0.15, 0.2) is 0 Å². The summed E-state index contributed by atoms with van der Waals surface area (Å²) in [6.45, 7) is 8.65. The highest BCUT2D eigenvalue weighted by atomic mass is 35.5. The number of benzene rings is 2. The molecule has 9 heteroatoms. The molecule has 1 atom stereocenters. The van der Waals surface area contributed by atoms with E-state index >= 15 is 0 Å². The number of hydrogen-bond donors (Lipinski definition) is 1. The maximum atomic E-state index is 13.5. The predicted molar refractivity (Wildman–Crippen MR) is 147 cm³/mol. The highest BCUT2D eigenvalue weighted by Gasteiger charge is 2.29. The average molecular weight is 536 g/mol. The van der Waals surface area contributed by atoms with E-state index < -0.39 is 16.1 Å². The second kappa shape index (κ2) is 13.7. The van der Waals surface area contributed by atoms with E-state index in [0.29, 0.717) is 36.6 Å². The minimum atomic E-state index is -3.59. The van der Waals surface area contributed by atoms with Crippen molar-refractivity contribution in [2.45, 2.75) is 66.0 Å². The summed E-state index contributed by atoms with van der Waals surface area (Å²) in [6.07, 6.45) is 2.83. The van der Waals surface area contributed by atoms with Gasteiger partial charge in [0.05, 0.1) is 11.9 Å². The van der Waals surface area contributed by atoms with Gasteiger partial charge in [-0.05, 0) is 56.4 Å². The maximum Gasteiger partial charge on any atom is 0.242 e. The molecule has 0 aliphatic carbocycles. The van der Waals surface area contributed by atoms with Crippen molar-refractivity contribution in [3.05, 3.63) is 64.2 Å². The van der Waals surface area contributed by atoms with Crippen molar-refractivity contribution in [1.82, 2.24) is 10.2 Å². The van der Waals surface area contributed by atoms with Gasteiger partial charge in [-0.25, -0.2) is 8.42 Å². The van der Waals surface area contributed by atoms with E-state index in [9.17, 15) is 18.0 Å². The van der Waals surface area contributed by atoms with Crippen LogP contribution in [0.1, 0.15) is 56.2 Å². The first kappa shape index (κ1) is 29.6. The second-order valence-corrected chi connectivity index (χ2v) is 11.4. The van der Waals surface area contributed by atoms with Gasteiger partial charge in [0.25, 0.3) is 0 Å². The number of nitrogens with zero attached hydrogens (tertiary/aromatic N) is 2. The van der Waals surface area contributed by atoms with E-state index in [1.54, 1.807) is 23.1 Å². The standard InChI is InChI=1S/C27H38ClN3O4S/c1-6-15-29-27(33)24(7-2)30(19-22-11-8-10-20(3)17-22)26(32)12-9-16-31(36(5,34)35)25-18-23(28)14-13-21(25)4/h8,10-11,13-14,17-18,24H,6-7,9,12,15-16,19H2,1-5H3,(H,29,33)/t24-/m1/s1. The highest BCUT2D eigenvalue weighted by molar-refractivity contribution is 7.92. The minimum Gasteiger partial charge on any atom is -0.354 e. The predicted octanol–water partition coefficient (Wildman–Crippen LogP) is 4.84. The monoisotopic (exact) mass is 535 g/mol. The van der Waals surface area contributed by atoms with Crippen LogP contribution in [0.3, 0.4) is 0 Å². The number of carbonyl (C=O) groups is 2. The number of sulfonamides is 1. The van der Waals surface area contributed by atoms with Crippen molar-refractivity contribution in [1.29, 1.82) is 0 Å². The quantitative estimate of drug-likeness (QED) is 0.398. The van der Waals surface area contributed by atoms with Crippen molar-refractivity contribution in [3.63, 3.8) is 0 Å². The molecule has 0 saturated carbocycles. The van der Waals surface area contributed by atoms with E-state index in [2.05, 4.69) is 5.32 Å². The molecule has 0 spiro atoms. The smallest absolute Gasteiger partial charge is 0.242 e. The summed E-state index contributed by atoms with van der Waals surface area (Å²) < 4.78 is 26.4. The van der Waals surface area contributed by atoms with Crippen LogP contribution in [0.15, 0.2) is 42.5 Å². The summed E-state index contributed by atoms with van der Waals surface area (Å²) in [5.41, 5.74) is 3.29. The molecule has 2 rings (SSSR count). The molecule has 0 unspecified atom stereocenters. The van der Waals surface area contributed by atoms with Gasteiger partial charge in [0.1, 0.15) is 6.04 Å². The fraction of sp³-hybridized carbons (Fsp3) is 0.481. The van der Waals surface area contributed by atoms with Crippen LogP contribution in [0.25, 0.3) is 0 Å². The van der Waals surface area contributed by atoms with E-state index in [0.717, 1.165) is 29.4 Å². The Hall–Kier alpha value is -2.58. The third-order valence-electron chi connectivity index (χ3n) is 5.96. The molecule has 0 aliphatic heterocycles. The first-order valence-electron chi connectivity index (χ1n) is 12.3. The van der Waals surface area contributed by atoms with Crippen LogP contribution in [-0.2, 0) is 26.2 Å². The molecule has 0 saturated heterocycles. The Kier molecular flexibility index (Phi) is 11.2. The topological polar surface area (TPSA) is 86.8 Å². The van der Waals surface area contributed by atoms with E-state index in [1.807, 2.05) is 52.0 Å². The van der Waals surface area contributed by atoms with Gasteiger partial charge in [-0.3, -0.25) is 13.9 Å². The average Bonchev–Trinajstić information content (AvgIpc) is 2.81. The van der Waals surface area contributed by atoms with Gasteiger partial charge in [-0.1, -0.05) is 61.3 Å². The van der Waals surface area contributed by atoms with Gasteiger partial charge in [-0.2, -0.15) is 0 Å². The lowest BCUT2D eigenvalue weighted by Crippen LogP contribution is -2.49. The van der Waals surface area contributed by atoms with Crippen molar-refractivity contribution >= 4 is 39.1 Å². The number of nitrogens with one attached hydrogen (secondary N) is 1. The number of amides is 2. The molecule has 36 heavy (non-hydrogen) atoms. The second-order valence-electron chi connectivity index (χ2n) is 9.10. The first-order valence-corrected chi connectivity index (χ1v) is 14.6. The lowest BCUT2D eigenvalue weighted by Gasteiger charge is -2.31. The number of halogens is 1. The van der Waals surface area contributed by atoms with Gasteiger partial charge in [0, 0.05) is 31.1 Å². The first-order chi connectivity index (χ1) is 17.0. The Morgan fingerprint density at radius 3 is 2.42 bits per heavy atom. The van der Waals surface area contributed by atoms with E-state index in [-0.39, 0.29) is 24.8 Å². The summed E-state index contributed by atoms with van der Waals surface area (Å²) in [7, 11) is -3.59. The Morgan fingerprint density at radius 1 is 1.08 bits per heavy atom. The Labute approximate surface area is 220 Å².